The maximum absolute atomic E-state index is 12.2. The number of halogens is 1. The Morgan fingerprint density at radius 1 is 1.24 bits per heavy atom. The van der Waals surface area contributed by atoms with E-state index in [1.54, 1.807) is 0 Å². The van der Waals surface area contributed by atoms with E-state index in [0.717, 1.165) is 24.3 Å². The Morgan fingerprint density at radius 2 is 1.88 bits per heavy atom. The first kappa shape index (κ1) is 19.7. The summed E-state index contributed by atoms with van der Waals surface area (Å²) in [6.07, 6.45) is 0.387. The molecule has 6 nitrogen and oxygen atoms in total. The van der Waals surface area contributed by atoms with Gasteiger partial charge in [0.25, 0.3) is 0 Å². The second kappa shape index (κ2) is 9.17. The van der Waals surface area contributed by atoms with Crippen LogP contribution in [0.3, 0.4) is 0 Å². The van der Waals surface area contributed by atoms with E-state index in [4.69, 9.17) is 4.74 Å². The van der Waals surface area contributed by atoms with Crippen LogP contribution in [0.4, 0.5) is 5.69 Å². The first-order valence-electron chi connectivity index (χ1n) is 8.59. The molecule has 0 aliphatic carbocycles. The van der Waals surface area contributed by atoms with Crippen LogP contribution in [0.1, 0.15) is 12.5 Å². The standard InChI is InChI=1S/C18H25N3O3.ClH/c1-13(15-11-19-12-15)18(23)20-16-4-2-14(3-5-16)10-17(22)21-6-8-24-9-7-21;/h2-5,13,15,19H,6-12H2,1H3,(H,20,23);1H. The van der Waals surface area contributed by atoms with Gasteiger partial charge in [-0.25, -0.2) is 0 Å². The number of nitrogens with zero attached hydrogens (tertiary/aromatic N) is 1. The van der Waals surface area contributed by atoms with Crippen LogP contribution < -0.4 is 10.6 Å². The van der Waals surface area contributed by atoms with Gasteiger partial charge in [-0.1, -0.05) is 19.1 Å². The summed E-state index contributed by atoms with van der Waals surface area (Å²) in [5, 5.41) is 6.15. The zero-order valence-corrected chi connectivity index (χ0v) is 15.3. The van der Waals surface area contributed by atoms with E-state index in [0.29, 0.717) is 38.6 Å². The molecule has 138 valence electrons. The number of ether oxygens (including phenoxy) is 1. The number of morpholine rings is 1. The van der Waals surface area contributed by atoms with Crippen molar-refractivity contribution < 1.29 is 14.3 Å². The van der Waals surface area contributed by atoms with Crippen molar-refractivity contribution in [2.45, 2.75) is 13.3 Å². The van der Waals surface area contributed by atoms with Gasteiger partial charge in [-0.15, -0.1) is 12.4 Å². The monoisotopic (exact) mass is 367 g/mol. The molecular weight excluding hydrogens is 342 g/mol. The second-order valence-electron chi connectivity index (χ2n) is 6.56. The van der Waals surface area contributed by atoms with Crippen molar-refractivity contribution in [3.8, 4) is 0 Å². The molecule has 2 N–H and O–H groups in total. The molecule has 7 heteroatoms. The Labute approximate surface area is 154 Å². The molecule has 3 rings (SSSR count). The average molecular weight is 368 g/mol. The summed E-state index contributed by atoms with van der Waals surface area (Å²) in [5.41, 5.74) is 1.74. The van der Waals surface area contributed by atoms with Gasteiger partial charge in [0.05, 0.1) is 19.6 Å². The molecule has 1 aromatic rings. The highest BCUT2D eigenvalue weighted by Gasteiger charge is 2.28. The maximum Gasteiger partial charge on any atom is 0.227 e. The molecule has 0 aromatic heterocycles. The molecule has 1 atom stereocenters. The van der Waals surface area contributed by atoms with E-state index in [2.05, 4.69) is 10.6 Å². The Balaban J connectivity index is 0.00000225. The minimum Gasteiger partial charge on any atom is -0.378 e. The number of carbonyl (C=O) groups excluding carboxylic acids is 2. The molecule has 0 bridgehead atoms. The van der Waals surface area contributed by atoms with E-state index in [1.807, 2.05) is 36.1 Å². The fourth-order valence-corrected chi connectivity index (χ4v) is 2.94. The Bertz CT molecular complexity index is 549. The van der Waals surface area contributed by atoms with Crippen LogP contribution in [0.15, 0.2) is 24.3 Å². The molecule has 2 fully saturated rings. The van der Waals surface area contributed by atoms with E-state index in [-0.39, 0.29) is 30.1 Å². The lowest BCUT2D eigenvalue weighted by Crippen LogP contribution is -2.48. The number of benzene rings is 1. The van der Waals surface area contributed by atoms with Crippen LogP contribution in [-0.2, 0) is 20.7 Å². The van der Waals surface area contributed by atoms with Crippen LogP contribution in [0, 0.1) is 11.8 Å². The van der Waals surface area contributed by atoms with Gasteiger partial charge < -0.3 is 20.3 Å². The lowest BCUT2D eigenvalue weighted by molar-refractivity contribution is -0.134. The van der Waals surface area contributed by atoms with Crippen LogP contribution in [-0.4, -0.2) is 56.1 Å². The summed E-state index contributed by atoms with van der Waals surface area (Å²) in [6.45, 7) is 6.36. The zero-order valence-electron chi connectivity index (χ0n) is 14.5. The molecule has 0 spiro atoms. The van der Waals surface area contributed by atoms with E-state index in [9.17, 15) is 9.59 Å². The van der Waals surface area contributed by atoms with Gasteiger partial charge >= 0.3 is 0 Å². The van der Waals surface area contributed by atoms with Crippen LogP contribution >= 0.6 is 12.4 Å². The first-order chi connectivity index (χ1) is 11.6. The predicted molar refractivity (Wildman–Crippen MR) is 98.9 cm³/mol. The minimum atomic E-state index is 0. The summed E-state index contributed by atoms with van der Waals surface area (Å²) < 4.78 is 5.26. The normalized spacial score (nSPS) is 18.7. The lowest BCUT2D eigenvalue weighted by Gasteiger charge is -2.31. The molecule has 2 saturated heterocycles. The number of hydrogen-bond donors (Lipinski definition) is 2. The van der Waals surface area contributed by atoms with Crippen molar-refractivity contribution in [3.05, 3.63) is 29.8 Å². The van der Waals surface area contributed by atoms with E-state index >= 15 is 0 Å². The third kappa shape index (κ3) is 5.17. The SMILES string of the molecule is CC(C(=O)Nc1ccc(CC(=O)N2CCOCC2)cc1)C1CNC1.Cl. The zero-order chi connectivity index (χ0) is 16.9. The van der Waals surface area contributed by atoms with Gasteiger partial charge in [-0.05, 0) is 36.7 Å². The summed E-state index contributed by atoms with van der Waals surface area (Å²) in [7, 11) is 0. The van der Waals surface area contributed by atoms with Gasteiger partial charge in [-0.2, -0.15) is 0 Å². The van der Waals surface area contributed by atoms with Crippen molar-refractivity contribution in [1.29, 1.82) is 0 Å². The fraction of sp³-hybridized carbons (Fsp3) is 0.556. The highest BCUT2D eigenvalue weighted by Crippen LogP contribution is 2.19. The Kier molecular flexibility index (Phi) is 7.23. The maximum atomic E-state index is 12.2. The molecule has 2 amide bonds. The van der Waals surface area contributed by atoms with Crippen LogP contribution in [0.2, 0.25) is 0 Å². The molecule has 2 aliphatic heterocycles. The molecule has 2 aliphatic rings. The Hall–Kier alpha value is -1.63. The van der Waals surface area contributed by atoms with Crippen molar-refractivity contribution in [2.75, 3.05) is 44.7 Å². The topological polar surface area (TPSA) is 70.7 Å². The van der Waals surface area contributed by atoms with Crippen LogP contribution in [0.25, 0.3) is 0 Å². The Morgan fingerprint density at radius 3 is 2.44 bits per heavy atom. The molecule has 25 heavy (non-hydrogen) atoms. The van der Waals surface area contributed by atoms with Gasteiger partial charge in [-0.3, -0.25) is 9.59 Å². The average Bonchev–Trinajstić information content (AvgIpc) is 2.55. The summed E-state index contributed by atoms with van der Waals surface area (Å²) >= 11 is 0. The smallest absolute Gasteiger partial charge is 0.227 e. The number of anilines is 1. The number of nitrogens with one attached hydrogen (secondary N) is 2. The number of amides is 2. The largest absolute Gasteiger partial charge is 0.378 e. The van der Waals surface area contributed by atoms with Crippen molar-refractivity contribution >= 4 is 29.9 Å². The number of rotatable bonds is 5. The van der Waals surface area contributed by atoms with Gasteiger partial charge in [0.15, 0.2) is 0 Å². The lowest BCUT2D eigenvalue weighted by atomic mass is 9.88. The van der Waals surface area contributed by atoms with E-state index in [1.165, 1.54) is 0 Å². The first-order valence-corrected chi connectivity index (χ1v) is 8.59. The minimum absolute atomic E-state index is 0. The number of hydrogen-bond acceptors (Lipinski definition) is 4. The van der Waals surface area contributed by atoms with Crippen LogP contribution in [0.5, 0.6) is 0 Å². The number of carbonyl (C=O) groups is 2. The fourth-order valence-electron chi connectivity index (χ4n) is 2.94. The summed E-state index contributed by atoms with van der Waals surface area (Å²) in [6, 6.07) is 7.55. The third-order valence-corrected chi connectivity index (χ3v) is 4.87. The molecule has 1 unspecified atom stereocenters. The third-order valence-electron chi connectivity index (χ3n) is 4.87. The van der Waals surface area contributed by atoms with E-state index < -0.39 is 0 Å². The second-order valence-corrected chi connectivity index (χ2v) is 6.56. The van der Waals surface area contributed by atoms with Gasteiger partial charge in [0.2, 0.25) is 11.8 Å². The molecule has 0 radical (unpaired) electrons. The van der Waals surface area contributed by atoms with Crippen molar-refractivity contribution in [1.82, 2.24) is 10.2 Å². The molecule has 1 aromatic carbocycles. The quantitative estimate of drug-likeness (QED) is 0.823. The highest BCUT2D eigenvalue weighted by molar-refractivity contribution is 5.92. The van der Waals surface area contributed by atoms with Crippen molar-refractivity contribution in [3.63, 3.8) is 0 Å². The highest BCUT2D eigenvalue weighted by atomic mass is 35.5. The van der Waals surface area contributed by atoms with Gasteiger partial charge in [0, 0.05) is 24.7 Å². The summed E-state index contributed by atoms with van der Waals surface area (Å²) in [4.78, 5) is 26.3. The molecule has 0 saturated carbocycles. The molecular formula is C18H26ClN3O3. The van der Waals surface area contributed by atoms with Crippen molar-refractivity contribution in [2.24, 2.45) is 11.8 Å². The molecule has 2 heterocycles. The predicted octanol–water partition coefficient (Wildman–Crippen LogP) is 1.30. The van der Waals surface area contributed by atoms with Gasteiger partial charge in [0.1, 0.15) is 0 Å². The summed E-state index contributed by atoms with van der Waals surface area (Å²) in [5.74, 6) is 0.615.